The Morgan fingerprint density at radius 3 is 2.67 bits per heavy atom. The summed E-state index contributed by atoms with van der Waals surface area (Å²) in [5, 5.41) is 14.7. The molecule has 3 heterocycles. The first-order valence-corrected chi connectivity index (χ1v) is 6.67. The molecule has 0 radical (unpaired) electrons. The monoisotopic (exact) mass is 287 g/mol. The molecule has 0 amide bonds. The lowest BCUT2D eigenvalue weighted by atomic mass is 10.1. The quantitative estimate of drug-likeness (QED) is 0.727. The molecule has 0 atom stereocenters. The van der Waals surface area contributed by atoms with Crippen molar-refractivity contribution in [1.82, 2.24) is 19.5 Å². The second-order valence-corrected chi connectivity index (χ2v) is 5.44. The van der Waals surface area contributed by atoms with Crippen molar-refractivity contribution in [1.29, 1.82) is 10.8 Å². The van der Waals surface area contributed by atoms with Crippen molar-refractivity contribution in [3.8, 4) is 0 Å². The Morgan fingerprint density at radius 2 is 2.00 bits per heavy atom. The van der Waals surface area contributed by atoms with Gasteiger partial charge in [-0.05, 0) is 13.8 Å². The van der Waals surface area contributed by atoms with Crippen LogP contribution in [0.15, 0.2) is 0 Å². The lowest BCUT2D eigenvalue weighted by Crippen LogP contribution is -2.33. The van der Waals surface area contributed by atoms with E-state index in [4.69, 9.17) is 21.3 Å². The SMILES string of the molecule is CC1(C)OCCn2c1nc1c(N)nc(C(C=N)C=N)nc12. The van der Waals surface area contributed by atoms with E-state index in [1.54, 1.807) is 0 Å². The van der Waals surface area contributed by atoms with Crippen molar-refractivity contribution >= 4 is 29.4 Å². The summed E-state index contributed by atoms with van der Waals surface area (Å²) in [4.78, 5) is 13.2. The van der Waals surface area contributed by atoms with Gasteiger partial charge < -0.3 is 25.9 Å². The summed E-state index contributed by atoms with van der Waals surface area (Å²) < 4.78 is 7.71. The minimum atomic E-state index is -0.573. The Morgan fingerprint density at radius 1 is 1.29 bits per heavy atom. The van der Waals surface area contributed by atoms with Gasteiger partial charge in [0.15, 0.2) is 17.0 Å². The highest BCUT2D eigenvalue weighted by molar-refractivity contribution is 5.88. The maximum absolute atomic E-state index is 7.35. The number of nitrogens with one attached hydrogen (secondary N) is 2. The van der Waals surface area contributed by atoms with Crippen LogP contribution in [0.25, 0.3) is 11.2 Å². The molecule has 1 aliphatic rings. The van der Waals surface area contributed by atoms with Crippen LogP contribution in [-0.2, 0) is 16.9 Å². The molecule has 0 unspecified atom stereocenters. The molecule has 2 aromatic rings. The Hall–Kier alpha value is -2.35. The number of nitrogen functional groups attached to an aromatic ring is 1. The summed E-state index contributed by atoms with van der Waals surface area (Å²) in [6.07, 6.45) is 2.24. The van der Waals surface area contributed by atoms with Crippen LogP contribution in [0.3, 0.4) is 0 Å². The molecule has 0 spiro atoms. The molecular formula is C13H17N7O. The van der Waals surface area contributed by atoms with Gasteiger partial charge >= 0.3 is 0 Å². The largest absolute Gasteiger partial charge is 0.382 e. The second kappa shape index (κ2) is 4.59. The number of aromatic nitrogens is 4. The Bertz CT molecular complexity index is 726. The minimum absolute atomic E-state index is 0.265. The summed E-state index contributed by atoms with van der Waals surface area (Å²) in [6.45, 7) is 5.12. The van der Waals surface area contributed by atoms with Gasteiger partial charge in [0, 0.05) is 19.0 Å². The van der Waals surface area contributed by atoms with Gasteiger partial charge in [0.2, 0.25) is 0 Å². The van der Waals surface area contributed by atoms with Crippen molar-refractivity contribution in [2.24, 2.45) is 0 Å². The van der Waals surface area contributed by atoms with Crippen molar-refractivity contribution in [2.75, 3.05) is 12.3 Å². The van der Waals surface area contributed by atoms with Crippen LogP contribution in [0.1, 0.15) is 31.4 Å². The Kier molecular flexibility index (Phi) is 2.98. The van der Waals surface area contributed by atoms with Crippen LogP contribution in [0.5, 0.6) is 0 Å². The van der Waals surface area contributed by atoms with E-state index in [-0.39, 0.29) is 5.82 Å². The van der Waals surface area contributed by atoms with Crippen LogP contribution in [0.2, 0.25) is 0 Å². The lowest BCUT2D eigenvalue weighted by molar-refractivity contribution is -0.0530. The van der Waals surface area contributed by atoms with Gasteiger partial charge in [-0.3, -0.25) is 0 Å². The summed E-state index contributed by atoms with van der Waals surface area (Å²) >= 11 is 0. The van der Waals surface area contributed by atoms with Crippen molar-refractivity contribution < 1.29 is 4.74 Å². The zero-order valence-corrected chi connectivity index (χ0v) is 11.9. The Balaban J connectivity index is 2.28. The van der Waals surface area contributed by atoms with Crippen LogP contribution >= 0.6 is 0 Å². The number of nitrogens with two attached hydrogens (primary N) is 1. The first-order chi connectivity index (χ1) is 9.97. The number of imidazole rings is 1. The number of ether oxygens (including phenoxy) is 1. The molecule has 1 aliphatic heterocycles. The zero-order valence-electron chi connectivity index (χ0n) is 11.9. The summed E-state index contributed by atoms with van der Waals surface area (Å²) in [5.41, 5.74) is 6.66. The molecule has 0 saturated carbocycles. The summed E-state index contributed by atoms with van der Waals surface area (Å²) in [6, 6.07) is 0. The topological polar surface area (TPSA) is 127 Å². The van der Waals surface area contributed by atoms with E-state index < -0.39 is 11.5 Å². The molecule has 0 fully saturated rings. The minimum Gasteiger partial charge on any atom is -0.382 e. The number of fused-ring (bicyclic) bond motifs is 3. The fourth-order valence-corrected chi connectivity index (χ4v) is 2.51. The van der Waals surface area contributed by atoms with Gasteiger partial charge in [-0.1, -0.05) is 0 Å². The van der Waals surface area contributed by atoms with Gasteiger partial charge in [-0.15, -0.1) is 0 Å². The van der Waals surface area contributed by atoms with Gasteiger partial charge in [0.1, 0.15) is 17.2 Å². The fraction of sp³-hybridized carbons (Fsp3) is 0.462. The standard InChI is InChI=1S/C13H17N7O/c1-13(2)12-17-8-9(16)18-10(7(5-14)6-15)19-11(8)20(12)3-4-21-13/h5-7,14-15H,3-4H2,1-2H3,(H2,16,18,19). The first-order valence-electron chi connectivity index (χ1n) is 6.67. The normalized spacial score (nSPS) is 18.2. The number of hydrogen-bond donors (Lipinski definition) is 3. The van der Waals surface area contributed by atoms with Crippen LogP contribution in [0, 0.1) is 10.8 Å². The van der Waals surface area contributed by atoms with Gasteiger partial charge in [0.25, 0.3) is 0 Å². The third-order valence-electron chi connectivity index (χ3n) is 3.61. The predicted octanol–water partition coefficient (Wildman–Crippen LogP) is 1.06. The molecule has 0 aromatic carbocycles. The second-order valence-electron chi connectivity index (χ2n) is 5.44. The van der Waals surface area contributed by atoms with E-state index in [0.717, 1.165) is 18.3 Å². The zero-order chi connectivity index (χ0) is 15.2. The van der Waals surface area contributed by atoms with Gasteiger partial charge in [-0.2, -0.15) is 0 Å². The van der Waals surface area contributed by atoms with Crippen LogP contribution < -0.4 is 5.73 Å². The van der Waals surface area contributed by atoms with Crippen molar-refractivity contribution in [2.45, 2.75) is 31.9 Å². The summed E-state index contributed by atoms with van der Waals surface area (Å²) in [7, 11) is 0. The van der Waals surface area contributed by atoms with Crippen LogP contribution in [0.4, 0.5) is 5.82 Å². The lowest BCUT2D eigenvalue weighted by Gasteiger charge is -2.30. The van der Waals surface area contributed by atoms with Crippen molar-refractivity contribution in [3.05, 3.63) is 11.6 Å². The predicted molar refractivity (Wildman–Crippen MR) is 79.0 cm³/mol. The highest BCUT2D eigenvalue weighted by Crippen LogP contribution is 2.32. The fourth-order valence-electron chi connectivity index (χ4n) is 2.51. The molecule has 8 heteroatoms. The maximum atomic E-state index is 7.35. The van der Waals surface area contributed by atoms with E-state index >= 15 is 0 Å². The highest BCUT2D eigenvalue weighted by atomic mass is 16.5. The number of anilines is 1. The third-order valence-corrected chi connectivity index (χ3v) is 3.61. The summed E-state index contributed by atoms with van der Waals surface area (Å²) in [5.74, 6) is 0.803. The molecule has 3 rings (SSSR count). The third kappa shape index (κ3) is 1.99. The Labute approximate surface area is 121 Å². The smallest absolute Gasteiger partial charge is 0.166 e. The number of nitrogens with zero attached hydrogens (tertiary/aromatic N) is 4. The van der Waals surface area contributed by atoms with E-state index in [2.05, 4.69) is 15.0 Å². The van der Waals surface area contributed by atoms with Gasteiger partial charge in [-0.25, -0.2) is 15.0 Å². The first kappa shape index (κ1) is 13.6. The van der Waals surface area contributed by atoms with Gasteiger partial charge in [0.05, 0.1) is 12.5 Å². The highest BCUT2D eigenvalue weighted by Gasteiger charge is 2.33. The molecule has 0 saturated heterocycles. The molecule has 2 aromatic heterocycles. The average molecular weight is 287 g/mol. The average Bonchev–Trinajstić information content (AvgIpc) is 2.81. The molecule has 21 heavy (non-hydrogen) atoms. The van der Waals surface area contributed by atoms with E-state index in [1.807, 2.05) is 18.4 Å². The molecular weight excluding hydrogens is 270 g/mol. The molecule has 8 nitrogen and oxygen atoms in total. The van der Waals surface area contributed by atoms with Crippen LogP contribution in [-0.4, -0.2) is 38.6 Å². The molecule has 0 bridgehead atoms. The van der Waals surface area contributed by atoms with E-state index in [1.165, 1.54) is 0 Å². The van der Waals surface area contributed by atoms with Crippen molar-refractivity contribution in [3.63, 3.8) is 0 Å². The number of rotatable bonds is 3. The maximum Gasteiger partial charge on any atom is 0.166 e. The number of hydrogen-bond acceptors (Lipinski definition) is 7. The molecule has 110 valence electrons. The molecule has 0 aliphatic carbocycles. The molecule has 4 N–H and O–H groups in total. The van der Waals surface area contributed by atoms with E-state index in [9.17, 15) is 0 Å². The van der Waals surface area contributed by atoms with E-state index in [0.29, 0.717) is 30.1 Å².